The number of rotatable bonds is 2. The maximum atomic E-state index is 8.72. The third-order valence-corrected chi connectivity index (χ3v) is 7.84. The van der Waals surface area contributed by atoms with Gasteiger partial charge in [0.05, 0.1) is 12.6 Å². The molecule has 1 heterocycles. The average Bonchev–Trinajstić information content (AvgIpc) is 2.49. The van der Waals surface area contributed by atoms with Crippen molar-refractivity contribution in [2.75, 3.05) is 6.54 Å². The Hall–Kier alpha value is -0.663. The van der Waals surface area contributed by atoms with Gasteiger partial charge in [0.1, 0.15) is 11.8 Å². The van der Waals surface area contributed by atoms with Crippen LogP contribution in [0.1, 0.15) is 27.2 Å². The molecule has 0 saturated heterocycles. The van der Waals surface area contributed by atoms with Gasteiger partial charge in [0, 0.05) is 6.42 Å². The lowest BCUT2D eigenvalue weighted by Gasteiger charge is -2.38. The van der Waals surface area contributed by atoms with Crippen molar-refractivity contribution < 1.29 is 4.43 Å². The first-order chi connectivity index (χ1) is 6.76. The molecule has 1 atom stereocenters. The monoisotopic (exact) mass is 224 g/mol. The third-order valence-electron chi connectivity index (χ3n) is 3.30. The zero-order valence-electron chi connectivity index (χ0n) is 10.3. The Bertz CT molecular complexity index is 310. The fourth-order valence-electron chi connectivity index (χ4n) is 1.31. The van der Waals surface area contributed by atoms with Crippen LogP contribution >= 0.6 is 0 Å². The van der Waals surface area contributed by atoms with Crippen LogP contribution in [0.4, 0.5) is 0 Å². The minimum Gasteiger partial charge on any atom is -0.412 e. The summed E-state index contributed by atoms with van der Waals surface area (Å²) in [6.45, 7) is 11.8. The van der Waals surface area contributed by atoms with Crippen LogP contribution in [0.25, 0.3) is 0 Å². The molecule has 0 fully saturated rings. The summed E-state index contributed by atoms with van der Waals surface area (Å²) in [5.41, 5.74) is 0.638. The van der Waals surface area contributed by atoms with Crippen LogP contribution in [-0.2, 0) is 4.43 Å². The molecule has 0 bridgehead atoms. The molecule has 1 rings (SSSR count). The first-order valence-electron chi connectivity index (χ1n) is 5.37. The molecule has 84 valence electrons. The largest absolute Gasteiger partial charge is 0.412 e. The van der Waals surface area contributed by atoms with E-state index in [2.05, 4.69) is 44.9 Å². The van der Waals surface area contributed by atoms with Crippen LogP contribution < -0.4 is 0 Å². The van der Waals surface area contributed by atoms with E-state index in [1.165, 1.54) is 0 Å². The summed E-state index contributed by atoms with van der Waals surface area (Å²) in [6, 6.07) is 2.10. The molecule has 3 nitrogen and oxygen atoms in total. The van der Waals surface area contributed by atoms with Gasteiger partial charge in [-0.3, -0.25) is 4.99 Å². The Labute approximate surface area is 93.3 Å². The van der Waals surface area contributed by atoms with Gasteiger partial charge in [-0.05, 0) is 18.1 Å². The lowest BCUT2D eigenvalue weighted by molar-refractivity contribution is 0.204. The van der Waals surface area contributed by atoms with Crippen LogP contribution in [0, 0.1) is 11.3 Å². The van der Waals surface area contributed by atoms with Gasteiger partial charge in [0.25, 0.3) is 0 Å². The molecule has 15 heavy (non-hydrogen) atoms. The van der Waals surface area contributed by atoms with Crippen molar-refractivity contribution in [1.29, 1.82) is 5.26 Å². The summed E-state index contributed by atoms with van der Waals surface area (Å²) in [7, 11) is -1.70. The van der Waals surface area contributed by atoms with Crippen molar-refractivity contribution in [2.24, 2.45) is 4.99 Å². The fraction of sp³-hybridized carbons (Fsp3) is 0.818. The number of aliphatic imine (C=N–C) groups is 1. The topological polar surface area (TPSA) is 45.4 Å². The number of nitrogens with zero attached hydrogens (tertiary/aromatic N) is 2. The maximum absolute atomic E-state index is 8.72. The molecule has 0 saturated carbocycles. The first-order valence-corrected chi connectivity index (χ1v) is 8.28. The Morgan fingerprint density at radius 1 is 1.47 bits per heavy atom. The standard InChI is InChI=1S/C11H20N2OSi/c1-11(2,3)15(4,5)14-10-6-9(7-12)13-8-10/h10H,6,8H2,1-5H3/t10-/m0/s1. The lowest BCUT2D eigenvalue weighted by Crippen LogP contribution is -2.44. The van der Waals surface area contributed by atoms with Gasteiger partial charge in [0.2, 0.25) is 0 Å². The highest BCUT2D eigenvalue weighted by atomic mass is 28.4. The van der Waals surface area contributed by atoms with Gasteiger partial charge in [-0.1, -0.05) is 20.8 Å². The number of nitriles is 1. The van der Waals surface area contributed by atoms with E-state index < -0.39 is 8.32 Å². The van der Waals surface area contributed by atoms with E-state index >= 15 is 0 Å². The van der Waals surface area contributed by atoms with Crippen molar-refractivity contribution in [3.05, 3.63) is 0 Å². The van der Waals surface area contributed by atoms with Gasteiger partial charge < -0.3 is 4.43 Å². The minimum absolute atomic E-state index is 0.139. The van der Waals surface area contributed by atoms with Crippen LogP contribution in [0.15, 0.2) is 4.99 Å². The van der Waals surface area contributed by atoms with Crippen molar-refractivity contribution >= 4 is 14.0 Å². The minimum atomic E-state index is -1.70. The quantitative estimate of drug-likeness (QED) is 0.677. The fourth-order valence-corrected chi connectivity index (χ4v) is 2.65. The molecule has 1 aliphatic rings. The number of hydrogen-bond acceptors (Lipinski definition) is 3. The SMILES string of the molecule is CC(C)(C)[Si](C)(C)O[C@@H]1CN=C(C#N)C1. The zero-order chi connectivity index (χ0) is 11.7. The van der Waals surface area contributed by atoms with Crippen LogP contribution in [0.3, 0.4) is 0 Å². The lowest BCUT2D eigenvalue weighted by atomic mass is 10.2. The van der Waals surface area contributed by atoms with E-state index in [1.807, 2.05) is 0 Å². The Balaban J connectivity index is 2.56. The van der Waals surface area contributed by atoms with Crippen molar-refractivity contribution in [3.8, 4) is 6.07 Å². The summed E-state index contributed by atoms with van der Waals surface area (Å²) < 4.78 is 6.17. The van der Waals surface area contributed by atoms with Gasteiger partial charge in [-0.25, -0.2) is 0 Å². The molecule has 0 N–H and O–H groups in total. The molecule has 0 unspecified atom stereocenters. The third kappa shape index (κ3) is 2.89. The van der Waals surface area contributed by atoms with E-state index in [-0.39, 0.29) is 11.1 Å². The highest BCUT2D eigenvalue weighted by molar-refractivity contribution is 6.74. The molecule has 4 heteroatoms. The van der Waals surface area contributed by atoms with Gasteiger partial charge in [-0.2, -0.15) is 5.26 Å². The zero-order valence-corrected chi connectivity index (χ0v) is 11.3. The van der Waals surface area contributed by atoms with Crippen molar-refractivity contribution in [3.63, 3.8) is 0 Å². The molecule has 0 radical (unpaired) electrons. The molecular weight excluding hydrogens is 204 g/mol. The maximum Gasteiger partial charge on any atom is 0.192 e. The highest BCUT2D eigenvalue weighted by Gasteiger charge is 2.39. The van der Waals surface area contributed by atoms with Gasteiger partial charge in [0.15, 0.2) is 8.32 Å². The van der Waals surface area contributed by atoms with E-state index in [9.17, 15) is 0 Å². The predicted molar refractivity (Wildman–Crippen MR) is 64.6 cm³/mol. The first kappa shape index (κ1) is 12.4. The number of hydrogen-bond donors (Lipinski definition) is 0. The second-order valence-corrected chi connectivity index (χ2v) is 10.4. The molecule has 0 aliphatic carbocycles. The summed E-state index contributed by atoms with van der Waals surface area (Å²) >= 11 is 0. The van der Waals surface area contributed by atoms with Gasteiger partial charge >= 0.3 is 0 Å². The molecular formula is C11H20N2OSi. The summed E-state index contributed by atoms with van der Waals surface area (Å²) in [5, 5.41) is 8.94. The van der Waals surface area contributed by atoms with Gasteiger partial charge in [-0.15, -0.1) is 0 Å². The normalized spacial score (nSPS) is 22.4. The van der Waals surface area contributed by atoms with Crippen LogP contribution in [0.5, 0.6) is 0 Å². The van der Waals surface area contributed by atoms with E-state index in [0.29, 0.717) is 18.7 Å². The molecule has 0 aromatic heterocycles. The van der Waals surface area contributed by atoms with Crippen molar-refractivity contribution in [2.45, 2.75) is 51.4 Å². The van der Waals surface area contributed by atoms with E-state index in [1.54, 1.807) is 0 Å². The van der Waals surface area contributed by atoms with Crippen molar-refractivity contribution in [1.82, 2.24) is 0 Å². The second-order valence-electron chi connectivity index (χ2n) is 5.60. The molecule has 0 aromatic rings. The molecule has 0 spiro atoms. The van der Waals surface area contributed by atoms with Crippen LogP contribution in [-0.4, -0.2) is 26.7 Å². The second kappa shape index (κ2) is 4.07. The van der Waals surface area contributed by atoms with E-state index in [0.717, 1.165) is 0 Å². The van der Waals surface area contributed by atoms with E-state index in [4.69, 9.17) is 9.69 Å². The molecule has 1 aliphatic heterocycles. The Morgan fingerprint density at radius 2 is 2.07 bits per heavy atom. The predicted octanol–water partition coefficient (Wildman–Crippen LogP) is 2.75. The molecule has 0 aromatic carbocycles. The summed E-state index contributed by atoms with van der Waals surface area (Å²) in [6.07, 6.45) is 0.837. The highest BCUT2D eigenvalue weighted by Crippen LogP contribution is 2.38. The summed E-state index contributed by atoms with van der Waals surface area (Å²) in [4.78, 5) is 4.15. The molecule has 0 amide bonds. The Morgan fingerprint density at radius 3 is 2.47 bits per heavy atom. The Kier molecular flexibility index (Phi) is 3.36. The summed E-state index contributed by atoms with van der Waals surface area (Å²) in [5.74, 6) is 0. The van der Waals surface area contributed by atoms with Crippen LogP contribution in [0.2, 0.25) is 18.1 Å². The average molecular weight is 224 g/mol. The smallest absolute Gasteiger partial charge is 0.192 e.